The Kier molecular flexibility index (Phi) is 10.8. The van der Waals surface area contributed by atoms with E-state index in [9.17, 15) is 0 Å². The van der Waals surface area contributed by atoms with E-state index < -0.39 is 0 Å². The van der Waals surface area contributed by atoms with E-state index >= 15 is 0 Å². The number of nitrogens with zero attached hydrogens (tertiary/aromatic N) is 2. The van der Waals surface area contributed by atoms with E-state index in [1.807, 2.05) is 0 Å². The summed E-state index contributed by atoms with van der Waals surface area (Å²) in [7, 11) is 0. The highest BCUT2D eigenvalue weighted by atomic mass is 15.1. The number of aryl methyl sites for hydroxylation is 2. The molecule has 0 aliphatic rings. The van der Waals surface area contributed by atoms with Crippen LogP contribution in [0.5, 0.6) is 0 Å². The van der Waals surface area contributed by atoms with E-state index in [1.165, 1.54) is 38.6 Å². The number of fused-ring (bicyclic) bond motifs is 1. The van der Waals surface area contributed by atoms with Gasteiger partial charge >= 0.3 is 0 Å². The molecule has 0 unspecified atom stereocenters. The summed E-state index contributed by atoms with van der Waals surface area (Å²) in [6.45, 7) is 4.25. The lowest BCUT2D eigenvalue weighted by atomic mass is 9.97. The Morgan fingerprint density at radius 3 is 1.41 bits per heavy atom. The predicted octanol–water partition coefficient (Wildman–Crippen LogP) is 14.9. The maximum Gasteiger partial charge on any atom is 0.0534 e. The van der Waals surface area contributed by atoms with Crippen molar-refractivity contribution < 1.29 is 0 Å². The molecule has 8 rings (SSSR count). The summed E-state index contributed by atoms with van der Waals surface area (Å²) in [5.74, 6) is 0. The predicted molar refractivity (Wildman–Crippen MR) is 241 cm³/mol. The van der Waals surface area contributed by atoms with Crippen LogP contribution in [-0.2, 0) is 0 Å². The standard InChI is InChI=1S/C54H44N2/c1-41-26-33-48(34-27-41)56(49-35-28-42(2)29-36-49)50-37-30-43(31-38-50)16-12-13-21-46-32-39-54(52-25-15-14-24-51(46)52)55(47-22-10-5-11-23-47)40-53(44-17-6-3-7-18-44)45-19-8-4-9-20-45/h3-40H,1-2H3/b16-12+,21-13+. The number of hydrogen-bond donors (Lipinski definition) is 0. The van der Waals surface area contributed by atoms with Crippen LogP contribution in [0.2, 0.25) is 0 Å². The maximum absolute atomic E-state index is 2.33. The molecule has 0 aliphatic heterocycles. The van der Waals surface area contributed by atoms with E-state index in [-0.39, 0.29) is 0 Å². The summed E-state index contributed by atoms with van der Waals surface area (Å²) in [5, 5.41) is 2.38. The first-order chi connectivity index (χ1) is 27.6. The van der Waals surface area contributed by atoms with Gasteiger partial charge in [0.25, 0.3) is 0 Å². The van der Waals surface area contributed by atoms with Crippen LogP contribution in [-0.4, -0.2) is 0 Å². The first kappa shape index (κ1) is 35.8. The third-order valence-electron chi connectivity index (χ3n) is 10.1. The Morgan fingerprint density at radius 2 is 0.857 bits per heavy atom. The average molecular weight is 721 g/mol. The van der Waals surface area contributed by atoms with Gasteiger partial charge in [0.05, 0.1) is 5.69 Å². The Balaban J connectivity index is 1.09. The summed E-state index contributed by atoms with van der Waals surface area (Å²) in [6, 6.07) is 71.3. The van der Waals surface area contributed by atoms with Crippen LogP contribution in [0.3, 0.4) is 0 Å². The number of hydrogen-bond acceptors (Lipinski definition) is 2. The smallest absolute Gasteiger partial charge is 0.0534 e. The number of para-hydroxylation sites is 1. The third-order valence-corrected chi connectivity index (χ3v) is 10.1. The minimum atomic E-state index is 1.10. The first-order valence-corrected chi connectivity index (χ1v) is 19.2. The lowest BCUT2D eigenvalue weighted by Gasteiger charge is -2.25. The van der Waals surface area contributed by atoms with Crippen LogP contribution in [0.15, 0.2) is 219 Å². The van der Waals surface area contributed by atoms with E-state index in [0.717, 1.165) is 39.6 Å². The molecule has 0 saturated carbocycles. The molecule has 270 valence electrons. The first-order valence-electron chi connectivity index (χ1n) is 19.2. The zero-order valence-corrected chi connectivity index (χ0v) is 31.8. The van der Waals surface area contributed by atoms with Gasteiger partial charge in [-0.25, -0.2) is 0 Å². The molecule has 0 radical (unpaired) electrons. The number of anilines is 5. The van der Waals surface area contributed by atoms with Crippen molar-refractivity contribution in [2.24, 2.45) is 0 Å². The molecule has 8 aromatic rings. The normalized spacial score (nSPS) is 11.2. The molecule has 0 heterocycles. The molecule has 0 spiro atoms. The molecular formula is C54H44N2. The van der Waals surface area contributed by atoms with Crippen molar-refractivity contribution in [1.29, 1.82) is 0 Å². The molecule has 0 fully saturated rings. The zero-order valence-electron chi connectivity index (χ0n) is 31.8. The number of allylic oxidation sites excluding steroid dienone is 2. The Bertz CT molecular complexity index is 2520. The van der Waals surface area contributed by atoms with Crippen LogP contribution in [0, 0.1) is 13.8 Å². The van der Waals surface area contributed by atoms with E-state index in [4.69, 9.17) is 0 Å². The molecule has 0 bridgehead atoms. The van der Waals surface area contributed by atoms with Crippen molar-refractivity contribution in [2.75, 3.05) is 9.80 Å². The van der Waals surface area contributed by atoms with Crippen molar-refractivity contribution >= 4 is 56.9 Å². The van der Waals surface area contributed by atoms with Crippen molar-refractivity contribution in [3.8, 4) is 0 Å². The van der Waals surface area contributed by atoms with Gasteiger partial charge < -0.3 is 9.80 Å². The topological polar surface area (TPSA) is 6.48 Å². The van der Waals surface area contributed by atoms with Gasteiger partial charge in [0.15, 0.2) is 0 Å². The average Bonchev–Trinajstić information content (AvgIpc) is 3.26. The zero-order chi connectivity index (χ0) is 38.1. The highest BCUT2D eigenvalue weighted by molar-refractivity contribution is 6.02. The highest BCUT2D eigenvalue weighted by Gasteiger charge is 2.16. The third kappa shape index (κ3) is 8.16. The van der Waals surface area contributed by atoms with E-state index in [1.54, 1.807) is 0 Å². The minimum absolute atomic E-state index is 1.10. The van der Waals surface area contributed by atoms with Crippen molar-refractivity contribution in [3.63, 3.8) is 0 Å². The fourth-order valence-electron chi connectivity index (χ4n) is 7.11. The SMILES string of the molecule is Cc1ccc(N(c2ccc(C)cc2)c2ccc(/C=C/C=C/c3ccc(N(C=C(c4ccccc4)c4ccccc4)c4ccccc4)c4ccccc34)cc2)cc1. The lowest BCUT2D eigenvalue weighted by Crippen LogP contribution is -2.11. The van der Waals surface area contributed by atoms with Crippen molar-refractivity contribution in [2.45, 2.75) is 13.8 Å². The fourth-order valence-corrected chi connectivity index (χ4v) is 7.11. The second-order valence-corrected chi connectivity index (χ2v) is 14.0. The van der Waals surface area contributed by atoms with Gasteiger partial charge in [-0.15, -0.1) is 0 Å². The van der Waals surface area contributed by atoms with Crippen LogP contribution in [0.25, 0.3) is 28.5 Å². The Labute approximate surface area is 331 Å². The van der Waals surface area contributed by atoms with Gasteiger partial charge in [0, 0.05) is 39.9 Å². The van der Waals surface area contributed by atoms with Crippen molar-refractivity contribution in [1.82, 2.24) is 0 Å². The molecule has 0 amide bonds. The molecule has 0 atom stereocenters. The largest absolute Gasteiger partial charge is 0.316 e. The van der Waals surface area contributed by atoms with Crippen LogP contribution in [0.1, 0.15) is 33.4 Å². The van der Waals surface area contributed by atoms with Gasteiger partial charge in [0.1, 0.15) is 0 Å². The summed E-state index contributed by atoms with van der Waals surface area (Å²) >= 11 is 0. The minimum Gasteiger partial charge on any atom is -0.316 e. The van der Waals surface area contributed by atoms with Gasteiger partial charge in [0.2, 0.25) is 0 Å². The lowest BCUT2D eigenvalue weighted by molar-refractivity contribution is 1.27. The second kappa shape index (κ2) is 16.9. The van der Waals surface area contributed by atoms with Crippen LogP contribution < -0.4 is 9.80 Å². The molecule has 56 heavy (non-hydrogen) atoms. The maximum atomic E-state index is 2.33. The monoisotopic (exact) mass is 720 g/mol. The summed E-state index contributed by atoms with van der Waals surface area (Å²) in [4.78, 5) is 4.63. The molecule has 0 N–H and O–H groups in total. The molecule has 0 aliphatic carbocycles. The fraction of sp³-hybridized carbons (Fsp3) is 0.0370. The quantitative estimate of drug-likeness (QED) is 0.123. The number of rotatable bonds is 11. The summed E-state index contributed by atoms with van der Waals surface area (Å²) in [6.07, 6.45) is 10.9. The van der Waals surface area contributed by atoms with Gasteiger partial charge in [-0.05, 0) is 96.1 Å². The van der Waals surface area contributed by atoms with Gasteiger partial charge in [-0.3, -0.25) is 0 Å². The van der Waals surface area contributed by atoms with Gasteiger partial charge in [-0.2, -0.15) is 0 Å². The summed E-state index contributed by atoms with van der Waals surface area (Å²) < 4.78 is 0. The molecule has 2 nitrogen and oxygen atoms in total. The van der Waals surface area contributed by atoms with E-state index in [0.29, 0.717) is 0 Å². The second-order valence-electron chi connectivity index (χ2n) is 14.0. The Morgan fingerprint density at radius 1 is 0.393 bits per heavy atom. The number of benzene rings is 8. The van der Waals surface area contributed by atoms with Crippen molar-refractivity contribution in [3.05, 3.63) is 252 Å². The van der Waals surface area contributed by atoms with Crippen LogP contribution >= 0.6 is 0 Å². The van der Waals surface area contributed by atoms with E-state index in [2.05, 4.69) is 254 Å². The van der Waals surface area contributed by atoms with Crippen LogP contribution in [0.4, 0.5) is 28.4 Å². The Hall–Kier alpha value is -7.16. The molecule has 8 aromatic carbocycles. The van der Waals surface area contributed by atoms with Gasteiger partial charge in [-0.1, -0.05) is 181 Å². The molecule has 2 heteroatoms. The highest BCUT2D eigenvalue weighted by Crippen LogP contribution is 2.38. The molecule has 0 aromatic heterocycles. The molecular weight excluding hydrogens is 677 g/mol. The summed E-state index contributed by atoms with van der Waals surface area (Å²) in [5.41, 5.74) is 13.9. The molecule has 0 saturated heterocycles.